The average Bonchev–Trinajstić information content (AvgIpc) is 2.58. The summed E-state index contributed by atoms with van der Waals surface area (Å²) in [5.41, 5.74) is -0.0252. The van der Waals surface area contributed by atoms with Crippen molar-refractivity contribution in [1.29, 1.82) is 0 Å². The van der Waals surface area contributed by atoms with Crippen molar-refractivity contribution in [3.05, 3.63) is 22.7 Å². The molecule has 7 heteroatoms. The van der Waals surface area contributed by atoms with Crippen LogP contribution < -0.4 is 10.9 Å². The van der Waals surface area contributed by atoms with Crippen LogP contribution >= 0.6 is 0 Å². The van der Waals surface area contributed by atoms with Gasteiger partial charge in [0.1, 0.15) is 0 Å². The molecule has 3 rings (SSSR count). The van der Waals surface area contributed by atoms with Gasteiger partial charge in [-0.25, -0.2) is 4.98 Å². The minimum Gasteiger partial charge on any atom is -0.379 e. The Morgan fingerprint density at radius 1 is 1.38 bits per heavy atom. The Morgan fingerprint density at radius 3 is 2.79 bits per heavy atom. The lowest BCUT2D eigenvalue weighted by Crippen LogP contribution is -2.65. The molecule has 1 aliphatic heterocycles. The monoisotopic (exact) mass is 336 g/mol. The number of nitrogens with zero attached hydrogens (tertiary/aromatic N) is 3. The summed E-state index contributed by atoms with van der Waals surface area (Å²) in [5, 5.41) is 3.31. The van der Waals surface area contributed by atoms with Gasteiger partial charge in [0.15, 0.2) is 5.82 Å². The quantitative estimate of drug-likeness (QED) is 0.799. The summed E-state index contributed by atoms with van der Waals surface area (Å²) in [4.78, 5) is 19.1. The van der Waals surface area contributed by atoms with Gasteiger partial charge in [-0.15, -0.1) is 0 Å². The summed E-state index contributed by atoms with van der Waals surface area (Å²) in [6.45, 7) is 9.51. The maximum atomic E-state index is 12.3. The second-order valence-corrected chi connectivity index (χ2v) is 6.53. The molecule has 0 aromatic carbocycles. The molecular formula is C17H28N4O3. The standard InChI is InChI=1S/C17H28N4O3/c1-3-20-6-5-18-15(16(20)22)19-13-17(11-14(12-17)24-4-2)21-7-9-23-10-8-21/h5-6,14H,3-4,7-13H2,1-2H3,(H,18,19). The molecule has 24 heavy (non-hydrogen) atoms. The highest BCUT2D eigenvalue weighted by Crippen LogP contribution is 2.40. The van der Waals surface area contributed by atoms with Crippen LogP contribution in [-0.4, -0.2) is 65.5 Å². The predicted octanol–water partition coefficient (Wildman–Crippen LogP) is 0.945. The molecule has 7 nitrogen and oxygen atoms in total. The lowest BCUT2D eigenvalue weighted by molar-refractivity contribution is -0.121. The summed E-state index contributed by atoms with van der Waals surface area (Å²) in [5.74, 6) is 0.437. The van der Waals surface area contributed by atoms with Crippen LogP contribution in [0, 0.1) is 0 Å². The fourth-order valence-electron chi connectivity index (χ4n) is 3.76. The molecule has 0 unspecified atom stereocenters. The molecule has 0 bridgehead atoms. The summed E-state index contributed by atoms with van der Waals surface area (Å²) in [6.07, 6.45) is 5.69. The molecule has 1 aliphatic carbocycles. The van der Waals surface area contributed by atoms with Crippen LogP contribution in [0.1, 0.15) is 26.7 Å². The molecule has 1 aromatic heterocycles. The van der Waals surface area contributed by atoms with E-state index in [1.54, 1.807) is 17.0 Å². The zero-order chi connectivity index (χ0) is 17.0. The minimum atomic E-state index is -0.0576. The number of aryl methyl sites for hydroxylation is 1. The normalized spacial score (nSPS) is 27.7. The van der Waals surface area contributed by atoms with Crippen molar-refractivity contribution in [3.8, 4) is 0 Å². The Kier molecular flexibility index (Phi) is 5.53. The highest BCUT2D eigenvalue weighted by Gasteiger charge is 2.49. The van der Waals surface area contributed by atoms with E-state index in [0.29, 0.717) is 25.0 Å². The fourth-order valence-corrected chi connectivity index (χ4v) is 3.76. The van der Waals surface area contributed by atoms with Gasteiger partial charge in [0.2, 0.25) is 0 Å². The average molecular weight is 336 g/mol. The lowest BCUT2D eigenvalue weighted by Gasteiger charge is -2.55. The molecule has 0 atom stereocenters. The van der Waals surface area contributed by atoms with E-state index in [-0.39, 0.29) is 11.1 Å². The molecule has 2 fully saturated rings. The molecular weight excluding hydrogens is 308 g/mol. The van der Waals surface area contributed by atoms with Crippen LogP contribution in [-0.2, 0) is 16.0 Å². The molecule has 1 saturated heterocycles. The van der Waals surface area contributed by atoms with Crippen LogP contribution in [0.4, 0.5) is 5.82 Å². The van der Waals surface area contributed by atoms with Crippen LogP contribution in [0.3, 0.4) is 0 Å². The van der Waals surface area contributed by atoms with Gasteiger partial charge in [-0.2, -0.15) is 0 Å². The number of aromatic nitrogens is 2. The fraction of sp³-hybridized carbons (Fsp3) is 0.765. The number of hydrogen-bond donors (Lipinski definition) is 1. The smallest absolute Gasteiger partial charge is 0.293 e. The lowest BCUT2D eigenvalue weighted by atomic mass is 9.72. The first-order valence-electron chi connectivity index (χ1n) is 8.92. The molecule has 2 aliphatic rings. The van der Waals surface area contributed by atoms with Gasteiger partial charge in [-0.3, -0.25) is 9.69 Å². The first-order valence-corrected chi connectivity index (χ1v) is 8.92. The van der Waals surface area contributed by atoms with Gasteiger partial charge in [-0.1, -0.05) is 0 Å². The first kappa shape index (κ1) is 17.4. The first-order chi connectivity index (χ1) is 11.7. The second-order valence-electron chi connectivity index (χ2n) is 6.53. The van der Waals surface area contributed by atoms with E-state index >= 15 is 0 Å². The summed E-state index contributed by atoms with van der Waals surface area (Å²) in [6, 6.07) is 0. The number of ether oxygens (including phenoxy) is 2. The predicted molar refractivity (Wildman–Crippen MR) is 92.4 cm³/mol. The third-order valence-corrected chi connectivity index (χ3v) is 5.14. The van der Waals surface area contributed by atoms with Crippen LogP contribution in [0.5, 0.6) is 0 Å². The number of anilines is 1. The molecule has 0 amide bonds. The van der Waals surface area contributed by atoms with Crippen molar-refractivity contribution in [2.45, 2.75) is 44.9 Å². The van der Waals surface area contributed by atoms with E-state index in [0.717, 1.165) is 45.8 Å². The molecule has 1 saturated carbocycles. The Bertz CT molecular complexity index is 592. The third-order valence-electron chi connectivity index (χ3n) is 5.14. The van der Waals surface area contributed by atoms with Crippen molar-refractivity contribution < 1.29 is 9.47 Å². The Morgan fingerprint density at radius 2 is 2.12 bits per heavy atom. The maximum Gasteiger partial charge on any atom is 0.293 e. The van der Waals surface area contributed by atoms with E-state index in [1.165, 1.54) is 0 Å². The Hall–Kier alpha value is -1.44. The minimum absolute atomic E-state index is 0.0324. The molecule has 2 heterocycles. The van der Waals surface area contributed by atoms with Crippen LogP contribution in [0.15, 0.2) is 17.2 Å². The second kappa shape index (κ2) is 7.63. The molecule has 134 valence electrons. The van der Waals surface area contributed by atoms with E-state index in [1.807, 2.05) is 13.8 Å². The van der Waals surface area contributed by atoms with Crippen molar-refractivity contribution >= 4 is 5.82 Å². The van der Waals surface area contributed by atoms with Gasteiger partial charge in [-0.05, 0) is 26.7 Å². The van der Waals surface area contributed by atoms with Crippen LogP contribution in [0.25, 0.3) is 0 Å². The SMILES string of the molecule is CCOC1CC(CNc2nccn(CC)c2=O)(N2CCOCC2)C1. The van der Waals surface area contributed by atoms with E-state index in [4.69, 9.17) is 9.47 Å². The zero-order valence-corrected chi connectivity index (χ0v) is 14.7. The number of hydrogen-bond acceptors (Lipinski definition) is 6. The number of nitrogens with one attached hydrogen (secondary N) is 1. The third kappa shape index (κ3) is 3.48. The summed E-state index contributed by atoms with van der Waals surface area (Å²) >= 11 is 0. The van der Waals surface area contributed by atoms with E-state index < -0.39 is 0 Å². The van der Waals surface area contributed by atoms with Crippen molar-refractivity contribution in [2.24, 2.45) is 0 Å². The molecule has 0 radical (unpaired) electrons. The van der Waals surface area contributed by atoms with Gasteiger partial charge >= 0.3 is 0 Å². The van der Waals surface area contributed by atoms with Crippen molar-refractivity contribution in [3.63, 3.8) is 0 Å². The zero-order valence-electron chi connectivity index (χ0n) is 14.7. The Labute approximate surface area is 143 Å². The van der Waals surface area contributed by atoms with Crippen molar-refractivity contribution in [2.75, 3.05) is 44.8 Å². The van der Waals surface area contributed by atoms with Gasteiger partial charge in [0, 0.05) is 50.7 Å². The highest BCUT2D eigenvalue weighted by molar-refractivity contribution is 5.32. The largest absolute Gasteiger partial charge is 0.379 e. The van der Waals surface area contributed by atoms with Gasteiger partial charge in [0.25, 0.3) is 5.56 Å². The van der Waals surface area contributed by atoms with Gasteiger partial charge < -0.3 is 19.4 Å². The number of rotatable bonds is 7. The molecule has 1 aromatic rings. The Balaban J connectivity index is 1.70. The van der Waals surface area contributed by atoms with E-state index in [9.17, 15) is 4.79 Å². The van der Waals surface area contributed by atoms with Crippen molar-refractivity contribution in [1.82, 2.24) is 14.5 Å². The molecule has 0 spiro atoms. The van der Waals surface area contributed by atoms with E-state index in [2.05, 4.69) is 15.2 Å². The molecule has 1 N–H and O–H groups in total. The van der Waals surface area contributed by atoms with Gasteiger partial charge in [0.05, 0.1) is 19.3 Å². The number of morpholine rings is 1. The summed E-state index contributed by atoms with van der Waals surface area (Å²) in [7, 11) is 0. The summed E-state index contributed by atoms with van der Waals surface area (Å²) < 4.78 is 12.9. The topological polar surface area (TPSA) is 68.6 Å². The maximum absolute atomic E-state index is 12.3. The highest BCUT2D eigenvalue weighted by atomic mass is 16.5. The van der Waals surface area contributed by atoms with Crippen LogP contribution in [0.2, 0.25) is 0 Å².